The highest BCUT2D eigenvalue weighted by molar-refractivity contribution is 7.91. The number of methoxy groups -OCH3 is 1. The molecule has 8 nitrogen and oxygen atoms in total. The van der Waals surface area contributed by atoms with Gasteiger partial charge in [-0.1, -0.05) is 12.1 Å². The topological polar surface area (TPSA) is 94.4 Å². The Balaban J connectivity index is 1.59. The quantitative estimate of drug-likeness (QED) is 0.765. The fraction of sp³-hybridized carbons (Fsp3) is 0.471. The van der Waals surface area contributed by atoms with E-state index in [0.717, 1.165) is 11.3 Å². The van der Waals surface area contributed by atoms with Crippen molar-refractivity contribution in [2.24, 2.45) is 7.05 Å². The third-order valence-corrected chi connectivity index (χ3v) is 6.90. The minimum atomic E-state index is -3.53. The third-order valence-electron chi connectivity index (χ3n) is 4.67. The van der Waals surface area contributed by atoms with Crippen molar-refractivity contribution in [2.45, 2.75) is 29.7 Å². The van der Waals surface area contributed by atoms with E-state index in [1.165, 1.54) is 10.9 Å². The summed E-state index contributed by atoms with van der Waals surface area (Å²) in [5.41, 5.74) is 0.907. The Bertz CT molecular complexity index is 868. The molecule has 1 aromatic heterocycles. The molecule has 0 unspecified atom stereocenters. The maximum Gasteiger partial charge on any atom is 0.249 e. The monoisotopic (exact) mass is 378 g/mol. The summed E-state index contributed by atoms with van der Waals surface area (Å²) in [7, 11) is -0.319. The minimum absolute atomic E-state index is 0.00433. The second-order valence-corrected chi connectivity index (χ2v) is 8.50. The molecule has 26 heavy (non-hydrogen) atoms. The van der Waals surface area contributed by atoms with Gasteiger partial charge in [-0.15, -0.1) is 10.2 Å². The molecule has 0 atom stereocenters. The summed E-state index contributed by atoms with van der Waals surface area (Å²) in [6.45, 7) is 0.855. The predicted molar refractivity (Wildman–Crippen MR) is 94.5 cm³/mol. The van der Waals surface area contributed by atoms with Gasteiger partial charge in [-0.3, -0.25) is 4.79 Å². The van der Waals surface area contributed by atoms with E-state index in [1.54, 1.807) is 19.1 Å². The van der Waals surface area contributed by atoms with Crippen LogP contribution in [0, 0.1) is 0 Å². The number of benzene rings is 1. The lowest BCUT2D eigenvalue weighted by atomic mass is 10.1. The van der Waals surface area contributed by atoms with Crippen LogP contribution < -0.4 is 4.74 Å². The number of sulfone groups is 1. The van der Waals surface area contributed by atoms with Gasteiger partial charge < -0.3 is 14.2 Å². The number of amides is 1. The Hall–Kier alpha value is -2.42. The van der Waals surface area contributed by atoms with Gasteiger partial charge in [0.1, 0.15) is 12.1 Å². The van der Waals surface area contributed by atoms with Crippen LogP contribution >= 0.6 is 0 Å². The molecule has 0 saturated carbocycles. The highest BCUT2D eigenvalue weighted by atomic mass is 32.2. The Labute approximate surface area is 152 Å². The Morgan fingerprint density at radius 3 is 2.42 bits per heavy atom. The van der Waals surface area contributed by atoms with Crippen LogP contribution in [0.1, 0.15) is 18.4 Å². The average molecular weight is 378 g/mol. The van der Waals surface area contributed by atoms with Gasteiger partial charge >= 0.3 is 0 Å². The number of piperidine rings is 1. The van der Waals surface area contributed by atoms with E-state index >= 15 is 0 Å². The van der Waals surface area contributed by atoms with Crippen molar-refractivity contribution in [2.75, 3.05) is 20.2 Å². The summed E-state index contributed by atoms with van der Waals surface area (Å²) >= 11 is 0. The first-order valence-electron chi connectivity index (χ1n) is 8.40. The van der Waals surface area contributed by atoms with Gasteiger partial charge in [0.2, 0.25) is 20.9 Å². The molecule has 2 heterocycles. The molecule has 1 saturated heterocycles. The number of carbonyl (C=O) groups is 1. The fourth-order valence-corrected chi connectivity index (χ4v) is 4.86. The highest BCUT2D eigenvalue weighted by Crippen LogP contribution is 2.23. The summed E-state index contributed by atoms with van der Waals surface area (Å²) in [5, 5.41) is 6.82. The van der Waals surface area contributed by atoms with E-state index in [9.17, 15) is 13.2 Å². The highest BCUT2D eigenvalue weighted by Gasteiger charge is 2.35. The number of aromatic nitrogens is 3. The van der Waals surface area contributed by atoms with Crippen molar-refractivity contribution >= 4 is 15.7 Å². The van der Waals surface area contributed by atoms with E-state index in [2.05, 4.69) is 10.2 Å². The number of likely N-dealkylation sites (tertiary alicyclic amines) is 1. The van der Waals surface area contributed by atoms with Crippen LogP contribution in [0.3, 0.4) is 0 Å². The molecule has 3 rings (SSSR count). The lowest BCUT2D eigenvalue weighted by Crippen LogP contribution is -2.43. The number of hydrogen-bond donors (Lipinski definition) is 0. The first kappa shape index (κ1) is 18.4. The molecule has 1 aliphatic heterocycles. The van der Waals surface area contributed by atoms with Crippen LogP contribution in [0.5, 0.6) is 5.75 Å². The molecule has 0 aliphatic carbocycles. The van der Waals surface area contributed by atoms with Gasteiger partial charge in [0.25, 0.3) is 0 Å². The molecule has 0 spiro atoms. The molecule has 2 aromatic rings. The second-order valence-electron chi connectivity index (χ2n) is 6.37. The van der Waals surface area contributed by atoms with E-state index in [0.29, 0.717) is 32.4 Å². The Kier molecular flexibility index (Phi) is 5.26. The van der Waals surface area contributed by atoms with Crippen molar-refractivity contribution in [3.05, 3.63) is 36.2 Å². The molecule has 0 N–H and O–H groups in total. The van der Waals surface area contributed by atoms with Crippen molar-refractivity contribution in [3.63, 3.8) is 0 Å². The van der Waals surface area contributed by atoms with Crippen LogP contribution in [0.2, 0.25) is 0 Å². The lowest BCUT2D eigenvalue weighted by Gasteiger charge is -2.31. The number of ether oxygens (including phenoxy) is 1. The molecule has 140 valence electrons. The molecule has 0 radical (unpaired) electrons. The molecule has 1 aromatic carbocycles. The fourth-order valence-electron chi connectivity index (χ4n) is 3.12. The maximum atomic E-state index is 12.7. The summed E-state index contributed by atoms with van der Waals surface area (Å²) in [5.74, 6) is 0.751. The van der Waals surface area contributed by atoms with E-state index in [-0.39, 0.29) is 11.1 Å². The van der Waals surface area contributed by atoms with Crippen molar-refractivity contribution in [1.82, 2.24) is 19.7 Å². The molecule has 0 bridgehead atoms. The number of rotatable bonds is 5. The first-order chi connectivity index (χ1) is 12.4. The number of nitrogens with zero attached hydrogens (tertiary/aromatic N) is 4. The Morgan fingerprint density at radius 2 is 1.88 bits per heavy atom. The average Bonchev–Trinajstić information content (AvgIpc) is 3.09. The predicted octanol–water partition coefficient (Wildman–Crippen LogP) is 0.831. The van der Waals surface area contributed by atoms with Gasteiger partial charge in [-0.2, -0.15) is 0 Å². The zero-order valence-electron chi connectivity index (χ0n) is 14.8. The molecular weight excluding hydrogens is 356 g/mol. The standard InChI is InChI=1S/C17H22N4O4S/c1-20-12-18-19-17(20)26(23,24)15-7-9-21(10-8-15)16(22)11-13-3-5-14(25-2)6-4-13/h3-6,12,15H,7-11H2,1-2H3. The molecule has 1 aliphatic rings. The normalized spacial score (nSPS) is 15.8. The second kappa shape index (κ2) is 7.45. The van der Waals surface area contributed by atoms with Crippen LogP contribution in [0.25, 0.3) is 0 Å². The minimum Gasteiger partial charge on any atom is -0.497 e. The van der Waals surface area contributed by atoms with E-state index in [4.69, 9.17) is 4.74 Å². The van der Waals surface area contributed by atoms with Crippen LogP contribution in [-0.4, -0.2) is 59.4 Å². The lowest BCUT2D eigenvalue weighted by molar-refractivity contribution is -0.131. The SMILES string of the molecule is COc1ccc(CC(=O)N2CCC(S(=O)(=O)c3nncn3C)CC2)cc1. The van der Waals surface area contributed by atoms with Crippen LogP contribution in [0.4, 0.5) is 0 Å². The van der Waals surface area contributed by atoms with Crippen LogP contribution in [-0.2, 0) is 28.1 Å². The van der Waals surface area contributed by atoms with Gasteiger partial charge in [0.05, 0.1) is 18.8 Å². The first-order valence-corrected chi connectivity index (χ1v) is 9.95. The molecular formula is C17H22N4O4S. The summed E-state index contributed by atoms with van der Waals surface area (Å²) in [6, 6.07) is 7.37. The summed E-state index contributed by atoms with van der Waals surface area (Å²) in [4.78, 5) is 14.2. The van der Waals surface area contributed by atoms with E-state index < -0.39 is 15.1 Å². The number of hydrogen-bond acceptors (Lipinski definition) is 6. The third kappa shape index (κ3) is 3.72. The molecule has 1 fully saturated rings. The summed E-state index contributed by atoms with van der Waals surface area (Å²) < 4.78 is 31.8. The van der Waals surface area contributed by atoms with Gasteiger partial charge in [0.15, 0.2) is 0 Å². The molecule has 9 heteroatoms. The zero-order valence-corrected chi connectivity index (χ0v) is 15.6. The Morgan fingerprint density at radius 1 is 1.23 bits per heavy atom. The number of carbonyl (C=O) groups excluding carboxylic acids is 1. The molecule has 1 amide bonds. The van der Waals surface area contributed by atoms with Crippen molar-refractivity contribution in [3.8, 4) is 5.75 Å². The van der Waals surface area contributed by atoms with Crippen LogP contribution in [0.15, 0.2) is 35.7 Å². The number of aryl methyl sites for hydroxylation is 1. The zero-order chi connectivity index (χ0) is 18.7. The van der Waals surface area contributed by atoms with Gasteiger partial charge in [-0.05, 0) is 30.5 Å². The van der Waals surface area contributed by atoms with Gasteiger partial charge in [0, 0.05) is 20.1 Å². The largest absolute Gasteiger partial charge is 0.497 e. The smallest absolute Gasteiger partial charge is 0.249 e. The maximum absolute atomic E-state index is 12.7. The summed E-state index contributed by atoms with van der Waals surface area (Å²) in [6.07, 6.45) is 2.48. The van der Waals surface area contributed by atoms with Crippen molar-refractivity contribution < 1.29 is 17.9 Å². The van der Waals surface area contributed by atoms with E-state index in [1.807, 2.05) is 24.3 Å². The van der Waals surface area contributed by atoms with Gasteiger partial charge in [-0.25, -0.2) is 8.42 Å². The van der Waals surface area contributed by atoms with Crippen molar-refractivity contribution in [1.29, 1.82) is 0 Å².